The lowest BCUT2D eigenvalue weighted by Crippen LogP contribution is -2.45. The lowest BCUT2D eigenvalue weighted by Gasteiger charge is -2.43. The molecule has 4 atom stereocenters. The highest BCUT2D eigenvalue weighted by molar-refractivity contribution is 5.79. The van der Waals surface area contributed by atoms with Crippen LogP contribution in [-0.4, -0.2) is 36.4 Å². The van der Waals surface area contributed by atoms with Crippen LogP contribution < -0.4 is 16.2 Å². The highest BCUT2D eigenvalue weighted by atomic mass is 16.7. The van der Waals surface area contributed by atoms with Gasteiger partial charge in [0.05, 0.1) is 17.8 Å². The third-order valence-electron chi connectivity index (χ3n) is 6.54. The van der Waals surface area contributed by atoms with Gasteiger partial charge in [-0.3, -0.25) is 0 Å². The molecule has 164 valence electrons. The second kappa shape index (κ2) is 7.43. The first-order valence-electron chi connectivity index (χ1n) is 10.9. The molecule has 4 N–H and O–H groups in total. The van der Waals surface area contributed by atoms with Crippen molar-refractivity contribution in [1.29, 1.82) is 0 Å². The molecule has 0 bridgehead atoms. The number of benzene rings is 2. The summed E-state index contributed by atoms with van der Waals surface area (Å²) in [6.45, 7) is 4.26. The fraction of sp³-hybridized carbons (Fsp3) is 0.458. The average molecular weight is 423 g/mol. The number of nitrogen functional groups attached to an aromatic ring is 1. The number of nitrogens with zero attached hydrogens (tertiary/aromatic N) is 2. The average Bonchev–Trinajstić information content (AvgIpc) is 3.00. The Hall–Kier alpha value is -2.77. The van der Waals surface area contributed by atoms with Gasteiger partial charge in [0.1, 0.15) is 11.9 Å². The summed E-state index contributed by atoms with van der Waals surface area (Å²) >= 11 is 0. The number of rotatable bonds is 2. The predicted molar refractivity (Wildman–Crippen MR) is 120 cm³/mol. The normalized spacial score (nSPS) is 32.5. The molecular weight excluding hydrogens is 392 g/mol. The monoisotopic (exact) mass is 422 g/mol. The van der Waals surface area contributed by atoms with Crippen LogP contribution in [0.15, 0.2) is 47.5 Å². The number of hydrogen-bond acceptors (Lipinski definition) is 7. The first kappa shape index (κ1) is 20.2. The van der Waals surface area contributed by atoms with Crippen molar-refractivity contribution in [1.82, 2.24) is 5.06 Å². The van der Waals surface area contributed by atoms with E-state index in [-0.39, 0.29) is 18.3 Å². The molecule has 0 radical (unpaired) electrons. The third kappa shape index (κ3) is 3.62. The van der Waals surface area contributed by atoms with Crippen molar-refractivity contribution in [2.24, 2.45) is 16.6 Å². The zero-order valence-electron chi connectivity index (χ0n) is 18.2. The summed E-state index contributed by atoms with van der Waals surface area (Å²) < 4.78 is 12.5. The van der Waals surface area contributed by atoms with Crippen LogP contribution in [0.4, 0.5) is 5.69 Å². The van der Waals surface area contributed by atoms with Crippen LogP contribution in [-0.2, 0) is 15.3 Å². The summed E-state index contributed by atoms with van der Waals surface area (Å²) in [5.41, 5.74) is 15.0. The van der Waals surface area contributed by atoms with E-state index in [1.54, 1.807) is 12.1 Å². The number of nitrogens with two attached hydrogens (primary N) is 2. The van der Waals surface area contributed by atoms with Crippen molar-refractivity contribution in [2.45, 2.75) is 57.1 Å². The second-order valence-electron chi connectivity index (χ2n) is 9.03. The van der Waals surface area contributed by atoms with E-state index in [1.807, 2.05) is 30.3 Å². The maximum absolute atomic E-state index is 6.55. The topological polar surface area (TPSA) is 95.3 Å². The molecule has 0 amide bonds. The van der Waals surface area contributed by atoms with E-state index in [0.717, 1.165) is 41.0 Å². The Morgan fingerprint density at radius 3 is 2.45 bits per heavy atom. The minimum Gasteiger partial charge on any atom is -0.489 e. The van der Waals surface area contributed by atoms with Crippen molar-refractivity contribution in [3.8, 4) is 16.9 Å². The molecule has 5 rings (SSSR count). The highest BCUT2D eigenvalue weighted by Gasteiger charge is 2.50. The summed E-state index contributed by atoms with van der Waals surface area (Å²) in [4.78, 5) is 11.1. The lowest BCUT2D eigenvalue weighted by atomic mass is 9.80. The van der Waals surface area contributed by atoms with E-state index in [0.29, 0.717) is 18.3 Å². The number of ether oxygens (including phenoxy) is 2. The smallest absolute Gasteiger partial charge is 0.221 e. The van der Waals surface area contributed by atoms with Crippen LogP contribution >= 0.6 is 0 Å². The maximum atomic E-state index is 6.55. The quantitative estimate of drug-likeness (QED) is 0.718. The fourth-order valence-electron chi connectivity index (χ4n) is 5.19. The van der Waals surface area contributed by atoms with E-state index in [1.165, 1.54) is 0 Å². The molecule has 7 nitrogen and oxygen atoms in total. The summed E-state index contributed by atoms with van der Waals surface area (Å²) in [5.74, 6) is 1.53. The molecule has 3 aliphatic heterocycles. The summed E-state index contributed by atoms with van der Waals surface area (Å²) in [6, 6.07) is 14.0. The highest BCUT2D eigenvalue weighted by Crippen LogP contribution is 2.49. The molecule has 1 fully saturated rings. The second-order valence-corrected chi connectivity index (χ2v) is 9.03. The van der Waals surface area contributed by atoms with Crippen LogP contribution in [0, 0.1) is 5.92 Å². The van der Waals surface area contributed by atoms with Gasteiger partial charge in [-0.05, 0) is 62.1 Å². The van der Waals surface area contributed by atoms with Gasteiger partial charge >= 0.3 is 0 Å². The van der Waals surface area contributed by atoms with Gasteiger partial charge in [0.2, 0.25) is 11.7 Å². The van der Waals surface area contributed by atoms with Gasteiger partial charge in [0.15, 0.2) is 0 Å². The molecule has 7 heteroatoms. The molecule has 4 unspecified atom stereocenters. The first-order chi connectivity index (χ1) is 14.8. The van der Waals surface area contributed by atoms with Crippen molar-refractivity contribution in [3.63, 3.8) is 0 Å². The van der Waals surface area contributed by atoms with Crippen molar-refractivity contribution in [3.05, 3.63) is 48.0 Å². The zero-order valence-corrected chi connectivity index (χ0v) is 18.2. The van der Waals surface area contributed by atoms with Crippen LogP contribution in [0.3, 0.4) is 0 Å². The minimum atomic E-state index is -0.891. The molecule has 0 aromatic heterocycles. The van der Waals surface area contributed by atoms with Crippen molar-refractivity contribution >= 4 is 11.6 Å². The fourth-order valence-corrected chi connectivity index (χ4v) is 5.19. The Bertz CT molecular complexity index is 1020. The maximum Gasteiger partial charge on any atom is 0.221 e. The van der Waals surface area contributed by atoms with Gasteiger partial charge in [0, 0.05) is 25.1 Å². The summed E-state index contributed by atoms with van der Waals surface area (Å²) in [6.07, 6.45) is 2.91. The van der Waals surface area contributed by atoms with Crippen LogP contribution in [0.5, 0.6) is 5.75 Å². The van der Waals surface area contributed by atoms with Gasteiger partial charge in [-0.2, -0.15) is 0 Å². The number of hydrogen-bond donors (Lipinski definition) is 2. The number of aliphatic imine (C=N–C) groups is 1. The predicted octanol–water partition coefficient (Wildman–Crippen LogP) is 3.64. The van der Waals surface area contributed by atoms with Crippen molar-refractivity contribution < 1.29 is 14.3 Å². The SMILES string of the molecule is CC1CC(C2CC3(N=C(N)N(C)O3)c3cc(-c4cccc(N)c4)ccc3O2)CC(C)O1. The number of hydroxylamine groups is 2. The Morgan fingerprint density at radius 2 is 1.77 bits per heavy atom. The molecule has 3 heterocycles. The standard InChI is InChI=1S/C24H30N4O3/c1-14-9-18(10-15(2)29-14)22-13-24(27-23(26)28(3)31-24)20-12-17(7-8-21(20)30-22)16-5-4-6-19(25)11-16/h4-8,11-12,14-15,18,22H,9-10,13,25H2,1-3H3,(H2,26,27). The van der Waals surface area contributed by atoms with Gasteiger partial charge in [-0.15, -0.1) is 0 Å². The number of anilines is 1. The van der Waals surface area contributed by atoms with E-state index in [4.69, 9.17) is 30.8 Å². The molecular formula is C24H30N4O3. The molecule has 2 aromatic carbocycles. The first-order valence-corrected chi connectivity index (χ1v) is 10.9. The van der Waals surface area contributed by atoms with Crippen LogP contribution in [0.25, 0.3) is 11.1 Å². The molecule has 2 aromatic rings. The summed E-state index contributed by atoms with van der Waals surface area (Å²) in [5, 5.41) is 1.55. The van der Waals surface area contributed by atoms with E-state index in [2.05, 4.69) is 26.0 Å². The van der Waals surface area contributed by atoms with E-state index >= 15 is 0 Å². The zero-order chi connectivity index (χ0) is 21.8. The molecule has 1 spiro atoms. The molecule has 0 aliphatic carbocycles. The van der Waals surface area contributed by atoms with Crippen molar-refractivity contribution in [2.75, 3.05) is 12.8 Å². The molecule has 31 heavy (non-hydrogen) atoms. The van der Waals surface area contributed by atoms with Gasteiger partial charge in [-0.1, -0.05) is 18.2 Å². The minimum absolute atomic E-state index is 0.0254. The number of guanidine groups is 1. The van der Waals surface area contributed by atoms with Gasteiger partial charge < -0.3 is 20.9 Å². The molecule has 1 saturated heterocycles. The van der Waals surface area contributed by atoms with Gasteiger partial charge in [0.25, 0.3) is 0 Å². The number of fused-ring (bicyclic) bond motifs is 2. The van der Waals surface area contributed by atoms with E-state index < -0.39 is 5.72 Å². The Morgan fingerprint density at radius 1 is 1.03 bits per heavy atom. The van der Waals surface area contributed by atoms with Crippen LogP contribution in [0.2, 0.25) is 0 Å². The Labute approximate surface area is 182 Å². The van der Waals surface area contributed by atoms with E-state index in [9.17, 15) is 0 Å². The lowest BCUT2D eigenvalue weighted by molar-refractivity contribution is -0.198. The summed E-state index contributed by atoms with van der Waals surface area (Å²) in [7, 11) is 1.79. The Kier molecular flexibility index (Phi) is 4.83. The largest absolute Gasteiger partial charge is 0.489 e. The molecule has 0 saturated carbocycles. The van der Waals surface area contributed by atoms with Crippen LogP contribution in [0.1, 0.15) is 38.7 Å². The van der Waals surface area contributed by atoms with Gasteiger partial charge in [-0.25, -0.2) is 14.9 Å². The third-order valence-corrected chi connectivity index (χ3v) is 6.54. The Balaban J connectivity index is 1.56. The molecule has 3 aliphatic rings.